The van der Waals surface area contributed by atoms with Crippen LogP contribution in [0.25, 0.3) is 32.0 Å². The Morgan fingerprint density at radius 2 is 1.84 bits per heavy atom. The van der Waals surface area contributed by atoms with Crippen molar-refractivity contribution in [2.75, 3.05) is 0 Å². The molecule has 0 fully saturated rings. The SMILES string of the molecule is Cc1ccc(-c2nc3sc4c(c3c(=O)[nH]2)CCc2ccccc2-4)cc1. The zero-order chi connectivity index (χ0) is 17.0. The molecular formula is C21H16N2OS. The summed E-state index contributed by atoms with van der Waals surface area (Å²) in [7, 11) is 0. The van der Waals surface area contributed by atoms with E-state index in [1.807, 2.05) is 31.2 Å². The molecule has 5 rings (SSSR count). The average Bonchev–Trinajstić information content (AvgIpc) is 3.02. The van der Waals surface area contributed by atoms with Crippen LogP contribution in [0.2, 0.25) is 0 Å². The summed E-state index contributed by atoms with van der Waals surface area (Å²) in [6, 6.07) is 16.6. The third kappa shape index (κ3) is 2.25. The number of aromatic amines is 1. The molecule has 0 saturated carbocycles. The molecule has 1 N–H and O–H groups in total. The summed E-state index contributed by atoms with van der Waals surface area (Å²) in [6.07, 6.45) is 1.88. The monoisotopic (exact) mass is 344 g/mol. The number of benzene rings is 2. The summed E-state index contributed by atoms with van der Waals surface area (Å²) in [5.74, 6) is 0.643. The summed E-state index contributed by atoms with van der Waals surface area (Å²) in [5.41, 5.74) is 5.87. The molecule has 0 bridgehead atoms. The molecule has 0 spiro atoms. The first-order valence-electron chi connectivity index (χ1n) is 8.42. The number of hydrogen-bond acceptors (Lipinski definition) is 3. The van der Waals surface area contributed by atoms with Crippen LogP contribution in [0, 0.1) is 6.92 Å². The third-order valence-corrected chi connectivity index (χ3v) is 6.05. The summed E-state index contributed by atoms with van der Waals surface area (Å²) in [4.78, 5) is 22.6. The second kappa shape index (κ2) is 5.39. The Kier molecular flexibility index (Phi) is 3.15. The van der Waals surface area contributed by atoms with E-state index in [2.05, 4.69) is 29.2 Å². The van der Waals surface area contributed by atoms with Gasteiger partial charge >= 0.3 is 0 Å². The van der Waals surface area contributed by atoms with E-state index in [0.717, 1.165) is 34.2 Å². The first-order chi connectivity index (χ1) is 12.2. The van der Waals surface area contributed by atoms with Crippen LogP contribution in [0.5, 0.6) is 0 Å². The van der Waals surface area contributed by atoms with Gasteiger partial charge in [-0.25, -0.2) is 4.98 Å². The first kappa shape index (κ1) is 14.6. The van der Waals surface area contributed by atoms with Gasteiger partial charge in [-0.05, 0) is 36.5 Å². The van der Waals surface area contributed by atoms with Crippen molar-refractivity contribution in [1.29, 1.82) is 0 Å². The lowest BCUT2D eigenvalue weighted by Gasteiger charge is -2.15. The van der Waals surface area contributed by atoms with Crippen molar-refractivity contribution in [3.63, 3.8) is 0 Å². The van der Waals surface area contributed by atoms with Crippen molar-refractivity contribution in [3.8, 4) is 21.8 Å². The molecule has 4 aromatic rings. The Bertz CT molecular complexity index is 1170. The van der Waals surface area contributed by atoms with E-state index < -0.39 is 0 Å². The summed E-state index contributed by atoms with van der Waals surface area (Å²) >= 11 is 1.64. The van der Waals surface area contributed by atoms with Crippen molar-refractivity contribution in [1.82, 2.24) is 9.97 Å². The standard InChI is InChI=1S/C21H16N2OS/c1-12-6-8-14(9-7-12)19-22-20(24)17-16-11-10-13-4-2-3-5-15(13)18(16)25-21(17)23-19/h2-9H,10-11H2,1H3,(H,22,23,24). The molecule has 0 atom stereocenters. The highest BCUT2D eigenvalue weighted by molar-refractivity contribution is 7.22. The second-order valence-corrected chi connectivity index (χ2v) is 7.53. The zero-order valence-electron chi connectivity index (χ0n) is 13.8. The zero-order valence-corrected chi connectivity index (χ0v) is 14.6. The van der Waals surface area contributed by atoms with Crippen LogP contribution >= 0.6 is 11.3 Å². The molecule has 122 valence electrons. The van der Waals surface area contributed by atoms with Crippen LogP contribution < -0.4 is 5.56 Å². The Morgan fingerprint density at radius 1 is 1.04 bits per heavy atom. The largest absolute Gasteiger partial charge is 0.306 e. The number of hydrogen-bond donors (Lipinski definition) is 1. The van der Waals surface area contributed by atoms with Crippen molar-refractivity contribution in [3.05, 3.63) is 75.6 Å². The van der Waals surface area contributed by atoms with E-state index in [0.29, 0.717) is 5.82 Å². The molecule has 0 radical (unpaired) electrons. The first-order valence-corrected chi connectivity index (χ1v) is 9.23. The van der Waals surface area contributed by atoms with Crippen molar-refractivity contribution in [2.24, 2.45) is 0 Å². The molecule has 1 aliphatic carbocycles. The molecule has 0 unspecified atom stereocenters. The Morgan fingerprint density at radius 3 is 2.68 bits per heavy atom. The fourth-order valence-corrected chi connectivity index (χ4v) is 4.87. The van der Waals surface area contributed by atoms with Gasteiger partial charge in [0.2, 0.25) is 0 Å². The van der Waals surface area contributed by atoms with E-state index in [-0.39, 0.29) is 5.56 Å². The topological polar surface area (TPSA) is 45.8 Å². The number of fused-ring (bicyclic) bond motifs is 5. The summed E-state index contributed by atoms with van der Waals surface area (Å²) < 4.78 is 0. The van der Waals surface area contributed by atoms with Gasteiger partial charge in [0.25, 0.3) is 5.56 Å². The minimum atomic E-state index is -0.0301. The van der Waals surface area contributed by atoms with E-state index in [1.54, 1.807) is 11.3 Å². The minimum absolute atomic E-state index is 0.0301. The number of thiophene rings is 1. The number of nitrogens with one attached hydrogen (secondary N) is 1. The van der Waals surface area contributed by atoms with Crippen molar-refractivity contribution in [2.45, 2.75) is 19.8 Å². The summed E-state index contributed by atoms with van der Waals surface area (Å²) in [5, 5.41) is 0.769. The van der Waals surface area contributed by atoms with E-state index >= 15 is 0 Å². The van der Waals surface area contributed by atoms with Crippen LogP contribution in [0.4, 0.5) is 0 Å². The van der Waals surface area contributed by atoms with Crippen LogP contribution in [-0.2, 0) is 12.8 Å². The molecule has 0 amide bonds. The van der Waals surface area contributed by atoms with E-state index in [4.69, 9.17) is 4.98 Å². The van der Waals surface area contributed by atoms with Crippen LogP contribution in [0.3, 0.4) is 0 Å². The lowest BCUT2D eigenvalue weighted by Crippen LogP contribution is -2.11. The fourth-order valence-electron chi connectivity index (χ4n) is 3.59. The van der Waals surface area contributed by atoms with Crippen LogP contribution in [0.15, 0.2) is 53.3 Å². The van der Waals surface area contributed by atoms with Gasteiger partial charge in [0.15, 0.2) is 0 Å². The molecule has 2 aromatic heterocycles. The van der Waals surface area contributed by atoms with E-state index in [9.17, 15) is 4.79 Å². The van der Waals surface area contributed by atoms with Gasteiger partial charge in [0, 0.05) is 10.4 Å². The molecule has 0 aliphatic heterocycles. The average molecular weight is 344 g/mol. The number of rotatable bonds is 1. The molecule has 2 heterocycles. The van der Waals surface area contributed by atoms with Crippen molar-refractivity contribution >= 4 is 21.6 Å². The van der Waals surface area contributed by atoms with Crippen molar-refractivity contribution < 1.29 is 0 Å². The normalized spacial score (nSPS) is 12.8. The maximum Gasteiger partial charge on any atom is 0.260 e. The van der Waals surface area contributed by atoms with Gasteiger partial charge in [-0.15, -0.1) is 11.3 Å². The van der Waals surface area contributed by atoms with Gasteiger partial charge in [0.05, 0.1) is 5.39 Å². The fraction of sp³-hybridized carbons (Fsp3) is 0.143. The molecule has 2 aromatic carbocycles. The highest BCUT2D eigenvalue weighted by Gasteiger charge is 2.23. The van der Waals surface area contributed by atoms with Crippen LogP contribution in [-0.4, -0.2) is 9.97 Å². The maximum atomic E-state index is 12.8. The molecule has 25 heavy (non-hydrogen) atoms. The molecular weight excluding hydrogens is 328 g/mol. The lowest BCUT2D eigenvalue weighted by molar-refractivity contribution is 0.955. The minimum Gasteiger partial charge on any atom is -0.306 e. The van der Waals surface area contributed by atoms with Gasteiger partial charge in [0.1, 0.15) is 10.7 Å². The number of H-pyrrole nitrogens is 1. The molecule has 1 aliphatic rings. The second-order valence-electron chi connectivity index (χ2n) is 6.53. The van der Waals surface area contributed by atoms with Crippen LogP contribution in [0.1, 0.15) is 16.7 Å². The molecule has 0 saturated heterocycles. The van der Waals surface area contributed by atoms with Gasteiger partial charge in [-0.2, -0.15) is 0 Å². The predicted molar refractivity (Wildman–Crippen MR) is 103 cm³/mol. The summed E-state index contributed by atoms with van der Waals surface area (Å²) in [6.45, 7) is 2.05. The molecule has 3 nitrogen and oxygen atoms in total. The Balaban J connectivity index is 1.76. The number of nitrogens with zero attached hydrogens (tertiary/aromatic N) is 1. The lowest BCUT2D eigenvalue weighted by atomic mass is 9.90. The molecule has 4 heteroatoms. The quantitative estimate of drug-likeness (QED) is 0.543. The number of aryl methyl sites for hydroxylation is 3. The number of aromatic nitrogens is 2. The van der Waals surface area contributed by atoms with Gasteiger partial charge in [-0.3, -0.25) is 4.79 Å². The maximum absolute atomic E-state index is 12.8. The third-order valence-electron chi connectivity index (χ3n) is 4.89. The predicted octanol–water partition coefficient (Wildman–Crippen LogP) is 4.73. The highest BCUT2D eigenvalue weighted by atomic mass is 32.1. The van der Waals surface area contributed by atoms with E-state index in [1.165, 1.54) is 21.6 Å². The Hall–Kier alpha value is -2.72. The van der Waals surface area contributed by atoms with Gasteiger partial charge in [-0.1, -0.05) is 54.1 Å². The highest BCUT2D eigenvalue weighted by Crippen LogP contribution is 2.42. The van der Waals surface area contributed by atoms with Gasteiger partial charge < -0.3 is 4.98 Å². The Labute approximate surface area is 149 Å². The smallest absolute Gasteiger partial charge is 0.260 e.